The fraction of sp³-hybridized carbons (Fsp3) is 0.500. The first kappa shape index (κ1) is 18.9. The Morgan fingerprint density at radius 2 is 2.04 bits per heavy atom. The Bertz CT molecular complexity index is 898. The van der Waals surface area contributed by atoms with Gasteiger partial charge in [-0.25, -0.2) is 8.42 Å². The molecular formula is C18H24N2O5S. The van der Waals surface area contributed by atoms with Crippen molar-refractivity contribution in [2.45, 2.75) is 31.1 Å². The van der Waals surface area contributed by atoms with Gasteiger partial charge in [0.1, 0.15) is 5.58 Å². The minimum Gasteiger partial charge on any atom is -0.451 e. The van der Waals surface area contributed by atoms with Gasteiger partial charge in [-0.05, 0) is 44.4 Å². The summed E-state index contributed by atoms with van der Waals surface area (Å²) in [6.45, 7) is 3.93. The third-order valence-electron chi connectivity index (χ3n) is 4.63. The van der Waals surface area contributed by atoms with E-state index in [4.69, 9.17) is 9.15 Å². The molecule has 1 aliphatic rings. The number of fused-ring (bicyclic) bond motifs is 1. The van der Waals surface area contributed by atoms with Crippen LogP contribution in [0.1, 0.15) is 35.4 Å². The topological polar surface area (TPSA) is 88.8 Å². The fourth-order valence-corrected chi connectivity index (χ4v) is 4.70. The second-order valence-corrected chi connectivity index (χ2v) is 8.37. The van der Waals surface area contributed by atoms with E-state index in [0.29, 0.717) is 49.2 Å². The lowest BCUT2D eigenvalue weighted by molar-refractivity contribution is 0.0922. The average Bonchev–Trinajstić information content (AvgIpc) is 3.27. The Morgan fingerprint density at radius 1 is 1.31 bits per heavy atom. The fourth-order valence-electron chi connectivity index (χ4n) is 3.15. The molecule has 1 saturated heterocycles. The number of carbonyl (C=O) groups excluding carboxylic acids is 1. The number of ether oxygens (including phenoxy) is 1. The summed E-state index contributed by atoms with van der Waals surface area (Å²) in [5.41, 5.74) is 1.15. The molecule has 0 aliphatic carbocycles. The van der Waals surface area contributed by atoms with Crippen molar-refractivity contribution < 1.29 is 22.4 Å². The maximum Gasteiger partial charge on any atom is 0.287 e. The van der Waals surface area contributed by atoms with Crippen molar-refractivity contribution in [3.8, 4) is 0 Å². The van der Waals surface area contributed by atoms with Gasteiger partial charge in [-0.2, -0.15) is 4.31 Å². The SMILES string of the molecule is COCCCNC(=O)c1oc2ccc(S(=O)(=O)N3CCCC3)cc2c1C. The lowest BCUT2D eigenvalue weighted by Gasteiger charge is -2.15. The molecule has 3 rings (SSSR count). The number of aryl methyl sites for hydroxylation is 1. The molecule has 142 valence electrons. The normalized spacial score (nSPS) is 15.6. The predicted octanol–water partition coefficient (Wildman–Crippen LogP) is 2.29. The van der Waals surface area contributed by atoms with Crippen LogP contribution in [-0.4, -0.2) is 52.0 Å². The lowest BCUT2D eigenvalue weighted by atomic mass is 10.1. The number of methoxy groups -OCH3 is 1. The first-order valence-electron chi connectivity index (χ1n) is 8.75. The number of sulfonamides is 1. The molecule has 8 heteroatoms. The van der Waals surface area contributed by atoms with Gasteiger partial charge in [-0.1, -0.05) is 0 Å². The number of nitrogens with zero attached hydrogens (tertiary/aromatic N) is 1. The van der Waals surface area contributed by atoms with Gasteiger partial charge < -0.3 is 14.5 Å². The second kappa shape index (κ2) is 7.77. The molecule has 0 bridgehead atoms. The summed E-state index contributed by atoms with van der Waals surface area (Å²) >= 11 is 0. The molecule has 1 N–H and O–H groups in total. The molecule has 1 amide bonds. The van der Waals surface area contributed by atoms with Gasteiger partial charge >= 0.3 is 0 Å². The number of carbonyl (C=O) groups is 1. The quantitative estimate of drug-likeness (QED) is 0.745. The van der Waals surface area contributed by atoms with Crippen LogP contribution in [0, 0.1) is 6.92 Å². The Kier molecular flexibility index (Phi) is 5.64. The highest BCUT2D eigenvalue weighted by molar-refractivity contribution is 7.89. The van der Waals surface area contributed by atoms with Crippen molar-refractivity contribution in [3.05, 3.63) is 29.5 Å². The molecule has 2 aromatic rings. The van der Waals surface area contributed by atoms with E-state index in [1.807, 2.05) is 0 Å². The Hall–Kier alpha value is -1.90. The average molecular weight is 380 g/mol. The van der Waals surface area contributed by atoms with Crippen molar-refractivity contribution in [2.75, 3.05) is 33.4 Å². The van der Waals surface area contributed by atoms with Crippen molar-refractivity contribution in [3.63, 3.8) is 0 Å². The second-order valence-electron chi connectivity index (χ2n) is 6.43. The maximum absolute atomic E-state index is 12.7. The standard InChI is InChI=1S/C18H24N2O5S/c1-13-15-12-14(26(22,23)20-9-3-4-10-20)6-7-16(15)25-17(13)18(21)19-8-5-11-24-2/h6-7,12H,3-5,8-11H2,1-2H3,(H,19,21). The number of amides is 1. The Balaban J connectivity index is 1.86. The van der Waals surface area contributed by atoms with Gasteiger partial charge in [0, 0.05) is 44.3 Å². The van der Waals surface area contributed by atoms with Gasteiger partial charge in [0.2, 0.25) is 10.0 Å². The zero-order valence-corrected chi connectivity index (χ0v) is 15.9. The third kappa shape index (κ3) is 3.62. The van der Waals surface area contributed by atoms with Gasteiger partial charge in [-0.15, -0.1) is 0 Å². The molecule has 0 spiro atoms. The van der Waals surface area contributed by atoms with E-state index in [9.17, 15) is 13.2 Å². The minimum atomic E-state index is -3.50. The molecule has 0 atom stereocenters. The van der Waals surface area contributed by atoms with Crippen LogP contribution >= 0.6 is 0 Å². The van der Waals surface area contributed by atoms with Gasteiger partial charge in [0.05, 0.1) is 4.90 Å². The molecule has 2 heterocycles. The number of hydrogen-bond donors (Lipinski definition) is 1. The van der Waals surface area contributed by atoms with E-state index in [2.05, 4.69) is 5.32 Å². The van der Waals surface area contributed by atoms with Crippen LogP contribution in [0.5, 0.6) is 0 Å². The van der Waals surface area contributed by atoms with Crippen LogP contribution in [-0.2, 0) is 14.8 Å². The van der Waals surface area contributed by atoms with Crippen molar-refractivity contribution >= 4 is 26.9 Å². The number of nitrogens with one attached hydrogen (secondary N) is 1. The van der Waals surface area contributed by atoms with Gasteiger partial charge in [0.15, 0.2) is 5.76 Å². The number of hydrogen-bond acceptors (Lipinski definition) is 5. The highest BCUT2D eigenvalue weighted by atomic mass is 32.2. The van der Waals surface area contributed by atoms with Crippen LogP contribution in [0.25, 0.3) is 11.0 Å². The summed E-state index contributed by atoms with van der Waals surface area (Å²) in [7, 11) is -1.89. The summed E-state index contributed by atoms with van der Waals surface area (Å²) in [4.78, 5) is 12.6. The largest absolute Gasteiger partial charge is 0.451 e. The molecule has 0 radical (unpaired) electrons. The van der Waals surface area contributed by atoms with Crippen LogP contribution < -0.4 is 5.32 Å². The summed E-state index contributed by atoms with van der Waals surface area (Å²) in [5.74, 6) is -0.0908. The molecule has 26 heavy (non-hydrogen) atoms. The van der Waals surface area contributed by atoms with Crippen LogP contribution in [0.3, 0.4) is 0 Å². The van der Waals surface area contributed by atoms with Gasteiger partial charge in [0.25, 0.3) is 5.91 Å². The molecule has 0 saturated carbocycles. The van der Waals surface area contributed by atoms with Crippen LogP contribution in [0.4, 0.5) is 0 Å². The summed E-state index contributed by atoms with van der Waals surface area (Å²) in [6.07, 6.45) is 2.49. The zero-order valence-electron chi connectivity index (χ0n) is 15.1. The minimum absolute atomic E-state index is 0.216. The van der Waals surface area contributed by atoms with E-state index in [1.54, 1.807) is 32.2 Å². The number of rotatable bonds is 7. The van der Waals surface area contributed by atoms with Crippen molar-refractivity contribution in [1.82, 2.24) is 9.62 Å². The molecule has 1 aliphatic heterocycles. The number of benzene rings is 1. The highest BCUT2D eigenvalue weighted by Gasteiger charge is 2.28. The third-order valence-corrected chi connectivity index (χ3v) is 6.52. The first-order chi connectivity index (χ1) is 12.4. The predicted molar refractivity (Wildman–Crippen MR) is 97.8 cm³/mol. The van der Waals surface area contributed by atoms with Crippen molar-refractivity contribution in [2.24, 2.45) is 0 Å². The van der Waals surface area contributed by atoms with E-state index in [-0.39, 0.29) is 16.6 Å². The van der Waals surface area contributed by atoms with E-state index in [0.717, 1.165) is 12.8 Å². The van der Waals surface area contributed by atoms with Crippen molar-refractivity contribution in [1.29, 1.82) is 0 Å². The summed E-state index contributed by atoms with van der Waals surface area (Å²) in [6, 6.07) is 4.76. The Morgan fingerprint density at radius 3 is 2.73 bits per heavy atom. The van der Waals surface area contributed by atoms with E-state index >= 15 is 0 Å². The molecular weight excluding hydrogens is 356 g/mol. The van der Waals surface area contributed by atoms with E-state index in [1.165, 1.54) is 4.31 Å². The Labute approximate surface area is 153 Å². The lowest BCUT2D eigenvalue weighted by Crippen LogP contribution is -2.27. The molecule has 7 nitrogen and oxygen atoms in total. The molecule has 1 aromatic carbocycles. The first-order valence-corrected chi connectivity index (χ1v) is 10.2. The molecule has 1 fully saturated rings. The summed E-state index contributed by atoms with van der Waals surface area (Å²) in [5, 5.41) is 3.43. The van der Waals surface area contributed by atoms with Gasteiger partial charge in [-0.3, -0.25) is 4.79 Å². The van der Waals surface area contributed by atoms with Crippen LogP contribution in [0.15, 0.2) is 27.5 Å². The molecule has 0 unspecified atom stereocenters. The monoisotopic (exact) mass is 380 g/mol. The molecule has 1 aromatic heterocycles. The highest BCUT2D eigenvalue weighted by Crippen LogP contribution is 2.29. The van der Waals surface area contributed by atoms with Crippen LogP contribution in [0.2, 0.25) is 0 Å². The zero-order chi connectivity index (χ0) is 18.7. The number of furan rings is 1. The smallest absolute Gasteiger partial charge is 0.287 e. The van der Waals surface area contributed by atoms with E-state index < -0.39 is 10.0 Å². The maximum atomic E-state index is 12.7. The summed E-state index contributed by atoms with van der Waals surface area (Å²) < 4.78 is 37.6.